The molecule has 1 amide bonds. The Kier molecular flexibility index (Phi) is 5.50. The zero-order chi connectivity index (χ0) is 19.4. The third-order valence-electron chi connectivity index (χ3n) is 4.35. The molecular formula is C22H24N4O. The van der Waals surface area contributed by atoms with Gasteiger partial charge < -0.3 is 10.6 Å². The van der Waals surface area contributed by atoms with Gasteiger partial charge in [-0.25, -0.2) is 9.97 Å². The van der Waals surface area contributed by atoms with E-state index in [9.17, 15) is 4.79 Å². The Labute approximate surface area is 159 Å². The molecule has 0 fully saturated rings. The number of nitrogens with zero attached hydrogens (tertiary/aromatic N) is 2. The highest BCUT2D eigenvalue weighted by molar-refractivity contribution is 6.03. The highest BCUT2D eigenvalue weighted by atomic mass is 16.1. The summed E-state index contributed by atoms with van der Waals surface area (Å²) in [6.45, 7) is 8.00. The molecule has 2 N–H and O–H groups in total. The highest BCUT2D eigenvalue weighted by Crippen LogP contribution is 2.20. The van der Waals surface area contributed by atoms with Gasteiger partial charge in [0.2, 0.25) is 5.95 Å². The van der Waals surface area contributed by atoms with Gasteiger partial charge >= 0.3 is 0 Å². The van der Waals surface area contributed by atoms with Gasteiger partial charge in [-0.2, -0.15) is 0 Å². The number of carbonyl (C=O) groups is 1. The van der Waals surface area contributed by atoms with Crippen LogP contribution >= 0.6 is 0 Å². The van der Waals surface area contributed by atoms with E-state index in [1.807, 2.05) is 57.2 Å². The lowest BCUT2D eigenvalue weighted by Gasteiger charge is -2.11. The molecule has 138 valence electrons. The number of hydrogen-bond donors (Lipinski definition) is 2. The second-order valence-electron chi connectivity index (χ2n) is 6.67. The smallest absolute Gasteiger partial charge is 0.274 e. The number of anilines is 3. The lowest BCUT2D eigenvalue weighted by Crippen LogP contribution is -2.15. The van der Waals surface area contributed by atoms with Gasteiger partial charge in [-0.1, -0.05) is 31.2 Å². The fraction of sp³-hybridized carbons (Fsp3) is 0.227. The molecule has 0 saturated heterocycles. The molecule has 0 radical (unpaired) electrons. The standard InChI is InChI=1S/C22H24N4O/c1-5-17-8-10-18(11-9-17)24-21(27)20-13-16(4)23-22(26-20)25-19-12-14(2)6-7-15(19)3/h6-13H,5H2,1-4H3,(H,24,27)(H,23,25,26). The summed E-state index contributed by atoms with van der Waals surface area (Å²) in [6, 6.07) is 15.6. The molecule has 5 nitrogen and oxygen atoms in total. The van der Waals surface area contributed by atoms with Crippen molar-refractivity contribution in [2.75, 3.05) is 10.6 Å². The van der Waals surface area contributed by atoms with Gasteiger partial charge in [0, 0.05) is 17.1 Å². The predicted octanol–water partition coefficient (Wildman–Crippen LogP) is 4.96. The molecular weight excluding hydrogens is 336 g/mol. The Hall–Kier alpha value is -3.21. The molecule has 0 aliphatic carbocycles. The van der Waals surface area contributed by atoms with Gasteiger partial charge in [0.05, 0.1) is 0 Å². The van der Waals surface area contributed by atoms with Crippen LogP contribution in [0.4, 0.5) is 17.3 Å². The summed E-state index contributed by atoms with van der Waals surface area (Å²) in [5, 5.41) is 6.12. The monoisotopic (exact) mass is 360 g/mol. The van der Waals surface area contributed by atoms with Crippen molar-refractivity contribution in [1.29, 1.82) is 0 Å². The average Bonchev–Trinajstić information content (AvgIpc) is 2.65. The number of hydrogen-bond acceptors (Lipinski definition) is 4. The van der Waals surface area contributed by atoms with Gasteiger partial charge in [-0.3, -0.25) is 4.79 Å². The van der Waals surface area contributed by atoms with Crippen molar-refractivity contribution in [3.05, 3.63) is 76.6 Å². The van der Waals surface area contributed by atoms with Crippen molar-refractivity contribution in [2.24, 2.45) is 0 Å². The highest BCUT2D eigenvalue weighted by Gasteiger charge is 2.12. The molecule has 0 aliphatic rings. The zero-order valence-electron chi connectivity index (χ0n) is 16.1. The second-order valence-corrected chi connectivity index (χ2v) is 6.67. The van der Waals surface area contributed by atoms with Crippen molar-refractivity contribution < 1.29 is 4.79 Å². The second kappa shape index (κ2) is 7.99. The Bertz CT molecular complexity index is 965. The number of aromatic nitrogens is 2. The van der Waals surface area contributed by atoms with Crippen LogP contribution in [0.5, 0.6) is 0 Å². The summed E-state index contributed by atoms with van der Waals surface area (Å²) >= 11 is 0. The van der Waals surface area contributed by atoms with Gasteiger partial charge in [0.1, 0.15) is 5.69 Å². The first-order valence-electron chi connectivity index (χ1n) is 9.05. The first kappa shape index (κ1) is 18.6. The molecule has 2 aromatic carbocycles. The average molecular weight is 360 g/mol. The topological polar surface area (TPSA) is 66.9 Å². The molecule has 0 aliphatic heterocycles. The van der Waals surface area contributed by atoms with Crippen LogP contribution in [-0.2, 0) is 6.42 Å². The maximum absolute atomic E-state index is 12.6. The lowest BCUT2D eigenvalue weighted by molar-refractivity contribution is 0.102. The van der Waals surface area contributed by atoms with Crippen LogP contribution in [0, 0.1) is 20.8 Å². The third-order valence-corrected chi connectivity index (χ3v) is 4.35. The van der Waals surface area contributed by atoms with Crippen LogP contribution in [0.25, 0.3) is 0 Å². The van der Waals surface area contributed by atoms with Crippen LogP contribution in [0.1, 0.15) is 39.8 Å². The van der Waals surface area contributed by atoms with E-state index in [1.165, 1.54) is 5.56 Å². The molecule has 3 rings (SSSR count). The number of rotatable bonds is 5. The molecule has 1 heterocycles. The molecule has 3 aromatic rings. The summed E-state index contributed by atoms with van der Waals surface area (Å²) in [4.78, 5) is 21.4. The van der Waals surface area contributed by atoms with Crippen molar-refractivity contribution in [3.8, 4) is 0 Å². The summed E-state index contributed by atoms with van der Waals surface area (Å²) in [5.74, 6) is 0.156. The predicted molar refractivity (Wildman–Crippen MR) is 110 cm³/mol. The maximum Gasteiger partial charge on any atom is 0.274 e. The SMILES string of the molecule is CCc1ccc(NC(=O)c2cc(C)nc(Nc3cc(C)ccc3C)n2)cc1. The minimum absolute atomic E-state index is 0.256. The number of carbonyl (C=O) groups excluding carboxylic acids is 1. The fourth-order valence-electron chi connectivity index (χ4n) is 2.75. The van der Waals surface area contributed by atoms with Crippen LogP contribution < -0.4 is 10.6 Å². The molecule has 0 unspecified atom stereocenters. The van der Waals surface area contributed by atoms with E-state index < -0.39 is 0 Å². The van der Waals surface area contributed by atoms with Crippen LogP contribution in [0.3, 0.4) is 0 Å². The molecule has 0 bridgehead atoms. The van der Waals surface area contributed by atoms with Crippen molar-refractivity contribution >= 4 is 23.2 Å². The zero-order valence-corrected chi connectivity index (χ0v) is 16.1. The van der Waals surface area contributed by atoms with E-state index in [0.29, 0.717) is 11.6 Å². The van der Waals surface area contributed by atoms with E-state index in [-0.39, 0.29) is 5.91 Å². The van der Waals surface area contributed by atoms with Crippen LogP contribution in [-0.4, -0.2) is 15.9 Å². The largest absolute Gasteiger partial charge is 0.324 e. The third kappa shape index (κ3) is 4.70. The van der Waals surface area contributed by atoms with E-state index in [2.05, 4.69) is 33.6 Å². The van der Waals surface area contributed by atoms with Gasteiger partial charge in [-0.15, -0.1) is 0 Å². The number of aryl methyl sites for hydroxylation is 4. The molecule has 5 heteroatoms. The van der Waals surface area contributed by atoms with E-state index >= 15 is 0 Å². The Balaban J connectivity index is 1.81. The summed E-state index contributed by atoms with van der Waals surface area (Å²) in [7, 11) is 0. The van der Waals surface area contributed by atoms with Crippen LogP contribution in [0.15, 0.2) is 48.5 Å². The molecule has 0 saturated carbocycles. The van der Waals surface area contributed by atoms with Gasteiger partial charge in [0.15, 0.2) is 0 Å². The van der Waals surface area contributed by atoms with E-state index in [0.717, 1.165) is 34.6 Å². The van der Waals surface area contributed by atoms with Gasteiger partial charge in [-0.05, 0) is 68.1 Å². The first-order valence-corrected chi connectivity index (χ1v) is 9.05. The van der Waals surface area contributed by atoms with Crippen LogP contribution in [0.2, 0.25) is 0 Å². The normalized spacial score (nSPS) is 10.5. The summed E-state index contributed by atoms with van der Waals surface area (Å²) < 4.78 is 0. The maximum atomic E-state index is 12.6. The molecule has 27 heavy (non-hydrogen) atoms. The lowest BCUT2D eigenvalue weighted by atomic mass is 10.1. The molecule has 1 aromatic heterocycles. The fourth-order valence-corrected chi connectivity index (χ4v) is 2.75. The minimum atomic E-state index is -0.256. The first-order chi connectivity index (χ1) is 12.9. The van der Waals surface area contributed by atoms with E-state index in [1.54, 1.807) is 6.07 Å². The minimum Gasteiger partial charge on any atom is -0.324 e. The number of benzene rings is 2. The summed E-state index contributed by atoms with van der Waals surface area (Å²) in [6.07, 6.45) is 0.965. The number of nitrogens with one attached hydrogen (secondary N) is 2. The molecule has 0 spiro atoms. The van der Waals surface area contributed by atoms with E-state index in [4.69, 9.17) is 0 Å². The van der Waals surface area contributed by atoms with Crippen molar-refractivity contribution in [1.82, 2.24) is 9.97 Å². The number of amides is 1. The Morgan fingerprint density at radius 2 is 1.70 bits per heavy atom. The Morgan fingerprint density at radius 1 is 0.963 bits per heavy atom. The Morgan fingerprint density at radius 3 is 2.41 bits per heavy atom. The van der Waals surface area contributed by atoms with Gasteiger partial charge in [0.25, 0.3) is 5.91 Å². The van der Waals surface area contributed by atoms with Crippen molar-refractivity contribution in [3.63, 3.8) is 0 Å². The quantitative estimate of drug-likeness (QED) is 0.675. The molecule has 0 atom stereocenters. The summed E-state index contributed by atoms with van der Waals surface area (Å²) in [5.41, 5.74) is 6.20. The van der Waals surface area contributed by atoms with Crippen molar-refractivity contribution in [2.45, 2.75) is 34.1 Å².